The Balaban J connectivity index is 0.00000192. The minimum atomic E-state index is -0.461. The second-order valence-electron chi connectivity index (χ2n) is 4.37. The Labute approximate surface area is 149 Å². The number of nitrogens with one attached hydrogen (secondary N) is 1. The lowest BCUT2D eigenvalue weighted by Crippen LogP contribution is -3.00. The van der Waals surface area contributed by atoms with E-state index in [4.69, 9.17) is 0 Å². The molecule has 1 heterocycles. The number of aromatic amines is 1. The summed E-state index contributed by atoms with van der Waals surface area (Å²) in [5, 5.41) is 31.4. The predicted molar refractivity (Wildman–Crippen MR) is 84.4 cm³/mol. The Bertz CT molecular complexity index is 840. The number of hydrogen-bond acceptors (Lipinski definition) is 5. The summed E-state index contributed by atoms with van der Waals surface area (Å²) in [6.07, 6.45) is 1.43. The van der Waals surface area contributed by atoms with Gasteiger partial charge in [0.15, 0.2) is 10.9 Å². The fourth-order valence-corrected chi connectivity index (χ4v) is 2.71. The molecular formula is C13H9ClIN5O3. The van der Waals surface area contributed by atoms with Gasteiger partial charge in [-0.15, -0.1) is 0 Å². The molecule has 118 valence electrons. The molecule has 23 heavy (non-hydrogen) atoms. The van der Waals surface area contributed by atoms with Crippen LogP contribution in [0.5, 0.6) is 5.75 Å². The maximum Gasteiger partial charge on any atom is 0.269 e. The molecule has 0 aliphatic heterocycles. The third-order valence-electron chi connectivity index (χ3n) is 3.09. The van der Waals surface area contributed by atoms with Crippen molar-refractivity contribution in [3.8, 4) is 22.6 Å². The number of aromatic hydroxyl groups is 1. The quantitative estimate of drug-likeness (QED) is 0.232. The smallest absolute Gasteiger partial charge is 0.269 e. The molecule has 3 aromatic rings. The summed E-state index contributed by atoms with van der Waals surface area (Å²) in [7, 11) is 0. The lowest BCUT2D eigenvalue weighted by Gasteiger charge is -2.07. The number of aromatic nitrogens is 4. The van der Waals surface area contributed by atoms with E-state index in [0.29, 0.717) is 20.4 Å². The average molecular weight is 446 g/mol. The van der Waals surface area contributed by atoms with Crippen molar-refractivity contribution in [2.45, 2.75) is 0 Å². The average Bonchev–Trinajstić information content (AvgIpc) is 3.04. The number of benzene rings is 2. The Morgan fingerprint density at radius 2 is 1.91 bits per heavy atom. The van der Waals surface area contributed by atoms with Crippen molar-refractivity contribution >= 4 is 28.3 Å². The van der Waals surface area contributed by atoms with Crippen LogP contribution in [0.2, 0.25) is 0 Å². The standard InChI is InChI=1S/C13H8IN5O3.ClH/c14-12-11(18-16-7-15-17-18)6-5-10(13(12)20)8-1-3-9(4-2-8)19(21)22;/h1-7,20H;1H. The number of phenols is 1. The highest BCUT2D eigenvalue weighted by atomic mass is 127. The third kappa shape index (κ3) is 3.24. The molecule has 0 fully saturated rings. The molecule has 0 saturated heterocycles. The lowest BCUT2D eigenvalue weighted by atomic mass is 10.0. The van der Waals surface area contributed by atoms with Gasteiger partial charge >= 0.3 is 0 Å². The van der Waals surface area contributed by atoms with Gasteiger partial charge in [-0.2, -0.15) is 5.10 Å². The first-order valence-corrected chi connectivity index (χ1v) is 7.21. The van der Waals surface area contributed by atoms with Crippen LogP contribution in [0.4, 0.5) is 5.69 Å². The third-order valence-corrected chi connectivity index (χ3v) is 4.16. The van der Waals surface area contributed by atoms with Gasteiger partial charge in [-0.3, -0.25) is 10.1 Å². The van der Waals surface area contributed by atoms with Gasteiger partial charge in [-0.25, -0.2) is 0 Å². The van der Waals surface area contributed by atoms with Gasteiger partial charge in [0.25, 0.3) is 12.0 Å². The van der Waals surface area contributed by atoms with Crippen LogP contribution in [-0.4, -0.2) is 25.4 Å². The molecule has 0 spiro atoms. The summed E-state index contributed by atoms with van der Waals surface area (Å²) >= 11 is 2.01. The molecule has 1 aromatic heterocycles. The van der Waals surface area contributed by atoms with Crippen molar-refractivity contribution in [2.24, 2.45) is 0 Å². The number of phenolic OH excluding ortho intramolecular Hbond substituents is 1. The van der Waals surface area contributed by atoms with Crippen molar-refractivity contribution < 1.29 is 27.2 Å². The van der Waals surface area contributed by atoms with E-state index in [9.17, 15) is 15.2 Å². The molecule has 3 rings (SSSR count). The zero-order valence-electron chi connectivity index (χ0n) is 11.3. The van der Waals surface area contributed by atoms with Gasteiger partial charge in [-0.05, 0) is 57.2 Å². The largest absolute Gasteiger partial charge is 1.00 e. The molecular weight excluding hydrogens is 437 g/mol. The minimum Gasteiger partial charge on any atom is -1.00 e. The monoisotopic (exact) mass is 445 g/mol. The molecule has 0 radical (unpaired) electrons. The van der Waals surface area contributed by atoms with Crippen LogP contribution < -0.4 is 17.2 Å². The van der Waals surface area contributed by atoms with Gasteiger partial charge < -0.3 is 17.5 Å². The van der Waals surface area contributed by atoms with Crippen molar-refractivity contribution in [3.63, 3.8) is 0 Å². The molecule has 0 bridgehead atoms. The van der Waals surface area contributed by atoms with E-state index >= 15 is 0 Å². The van der Waals surface area contributed by atoms with Crippen LogP contribution in [0.3, 0.4) is 0 Å². The Morgan fingerprint density at radius 1 is 1.22 bits per heavy atom. The number of nitro groups is 1. The molecule has 10 heteroatoms. The topological polar surface area (TPSA) is 109 Å². The highest BCUT2D eigenvalue weighted by Gasteiger charge is 2.18. The van der Waals surface area contributed by atoms with Crippen molar-refractivity contribution in [2.75, 3.05) is 0 Å². The van der Waals surface area contributed by atoms with E-state index in [-0.39, 0.29) is 23.8 Å². The summed E-state index contributed by atoms with van der Waals surface area (Å²) in [5.41, 5.74) is 1.94. The molecule has 0 aliphatic carbocycles. The predicted octanol–water partition coefficient (Wildman–Crippen LogP) is -1.03. The zero-order chi connectivity index (χ0) is 15.7. The minimum absolute atomic E-state index is 0. The maximum absolute atomic E-state index is 10.7. The first kappa shape index (κ1) is 17.1. The Hall–Kier alpha value is -2.27. The van der Waals surface area contributed by atoms with Crippen LogP contribution in [-0.2, 0) is 0 Å². The molecule has 0 unspecified atom stereocenters. The van der Waals surface area contributed by atoms with E-state index in [1.165, 1.54) is 23.3 Å². The number of rotatable bonds is 3. The van der Waals surface area contributed by atoms with Crippen molar-refractivity contribution in [1.82, 2.24) is 15.4 Å². The Kier molecular flexibility index (Phi) is 5.11. The van der Waals surface area contributed by atoms with E-state index in [1.54, 1.807) is 24.3 Å². The van der Waals surface area contributed by atoms with Gasteiger partial charge in [-0.1, -0.05) is 0 Å². The number of nitrogens with zero attached hydrogens (tertiary/aromatic N) is 4. The van der Waals surface area contributed by atoms with Crippen molar-refractivity contribution in [3.05, 3.63) is 56.4 Å². The molecule has 0 atom stereocenters. The first-order valence-electron chi connectivity index (χ1n) is 6.13. The zero-order valence-corrected chi connectivity index (χ0v) is 14.3. The summed E-state index contributed by atoms with van der Waals surface area (Å²) in [5.74, 6) is 0.0795. The number of hydrogen-bond donors (Lipinski definition) is 2. The number of H-pyrrole nitrogens is 1. The fraction of sp³-hybridized carbons (Fsp3) is 0. The summed E-state index contributed by atoms with van der Waals surface area (Å²) in [4.78, 5) is 11.7. The summed E-state index contributed by atoms with van der Waals surface area (Å²) in [6, 6.07) is 9.52. The number of tetrazole rings is 1. The maximum atomic E-state index is 10.7. The molecule has 0 saturated carbocycles. The van der Waals surface area contributed by atoms with Crippen LogP contribution in [0, 0.1) is 13.7 Å². The second-order valence-corrected chi connectivity index (χ2v) is 5.45. The number of non-ortho nitro benzene ring substituents is 1. The number of nitro benzene ring substituents is 1. The van der Waals surface area contributed by atoms with Crippen LogP contribution in [0.1, 0.15) is 0 Å². The van der Waals surface area contributed by atoms with Gasteiger partial charge in [0.1, 0.15) is 9.32 Å². The molecule has 2 aromatic carbocycles. The fourth-order valence-electron chi connectivity index (χ4n) is 2.01. The molecule has 2 N–H and O–H groups in total. The van der Waals surface area contributed by atoms with E-state index < -0.39 is 4.92 Å². The van der Waals surface area contributed by atoms with E-state index in [0.717, 1.165) is 0 Å². The number of halogens is 2. The van der Waals surface area contributed by atoms with Gasteiger partial charge in [0, 0.05) is 17.7 Å². The summed E-state index contributed by atoms with van der Waals surface area (Å²) < 4.78 is 0.593. The lowest BCUT2D eigenvalue weighted by molar-refractivity contribution is -0.717. The van der Waals surface area contributed by atoms with Crippen LogP contribution in [0.25, 0.3) is 16.8 Å². The first-order chi connectivity index (χ1) is 10.6. The van der Waals surface area contributed by atoms with Crippen molar-refractivity contribution in [1.29, 1.82) is 0 Å². The SMILES string of the molecule is O=[N+]([O-])c1ccc(-c2ccc(-[n+]3nnc[nH]3)c(I)c2O)cc1.[Cl-]. The van der Waals surface area contributed by atoms with E-state index in [2.05, 4.69) is 15.4 Å². The highest BCUT2D eigenvalue weighted by Crippen LogP contribution is 2.35. The summed E-state index contributed by atoms with van der Waals surface area (Å²) in [6.45, 7) is 0. The van der Waals surface area contributed by atoms with Gasteiger partial charge in [0.2, 0.25) is 0 Å². The van der Waals surface area contributed by atoms with Crippen LogP contribution >= 0.6 is 22.6 Å². The van der Waals surface area contributed by atoms with Crippen LogP contribution in [0.15, 0.2) is 42.7 Å². The molecule has 8 nitrogen and oxygen atoms in total. The molecule has 0 amide bonds. The second kappa shape index (κ2) is 6.87. The van der Waals surface area contributed by atoms with E-state index in [1.807, 2.05) is 22.6 Å². The normalized spacial score (nSPS) is 10.1. The Morgan fingerprint density at radius 3 is 2.48 bits per heavy atom. The molecule has 0 aliphatic rings. The highest BCUT2D eigenvalue weighted by molar-refractivity contribution is 14.1. The van der Waals surface area contributed by atoms with Gasteiger partial charge in [0.05, 0.1) is 10.0 Å².